The highest BCUT2D eigenvalue weighted by atomic mass is 16.5. The Labute approximate surface area is 111 Å². The van der Waals surface area contributed by atoms with E-state index in [1.807, 2.05) is 19.1 Å². The Morgan fingerprint density at radius 3 is 2.33 bits per heavy atom. The largest absolute Gasteiger partial charge is 0.494 e. The van der Waals surface area contributed by atoms with Gasteiger partial charge in [-0.1, -0.05) is 38.8 Å². The molecular formula is C15H26N2O. The SMILES string of the molecule is CCOc1ccc(C(CCCC(C)C)NN)cc1. The summed E-state index contributed by atoms with van der Waals surface area (Å²) in [6.45, 7) is 7.19. The summed E-state index contributed by atoms with van der Waals surface area (Å²) in [6, 6.07) is 8.42. The summed E-state index contributed by atoms with van der Waals surface area (Å²) in [5.41, 5.74) is 4.13. The van der Waals surface area contributed by atoms with Gasteiger partial charge in [0.05, 0.1) is 6.61 Å². The van der Waals surface area contributed by atoms with Crippen LogP contribution in [0.3, 0.4) is 0 Å². The molecule has 18 heavy (non-hydrogen) atoms. The first-order chi connectivity index (χ1) is 8.67. The molecule has 0 aliphatic rings. The molecule has 3 heteroatoms. The maximum atomic E-state index is 5.64. The molecule has 0 aliphatic carbocycles. The van der Waals surface area contributed by atoms with E-state index in [0.717, 1.165) is 18.1 Å². The van der Waals surface area contributed by atoms with Crippen LogP contribution in [0.4, 0.5) is 0 Å². The van der Waals surface area contributed by atoms with Crippen molar-refractivity contribution in [3.05, 3.63) is 29.8 Å². The maximum Gasteiger partial charge on any atom is 0.119 e. The third kappa shape index (κ3) is 5.07. The summed E-state index contributed by atoms with van der Waals surface area (Å²) in [5, 5.41) is 0. The zero-order chi connectivity index (χ0) is 13.4. The van der Waals surface area contributed by atoms with E-state index in [2.05, 4.69) is 31.4 Å². The van der Waals surface area contributed by atoms with Crippen molar-refractivity contribution in [3.63, 3.8) is 0 Å². The van der Waals surface area contributed by atoms with Gasteiger partial charge in [0.2, 0.25) is 0 Å². The molecule has 1 aromatic carbocycles. The maximum absolute atomic E-state index is 5.64. The van der Waals surface area contributed by atoms with Crippen molar-refractivity contribution in [2.45, 2.75) is 46.1 Å². The van der Waals surface area contributed by atoms with Crippen molar-refractivity contribution in [1.82, 2.24) is 5.43 Å². The Hall–Kier alpha value is -1.06. The fourth-order valence-electron chi connectivity index (χ4n) is 2.04. The van der Waals surface area contributed by atoms with Crippen molar-refractivity contribution in [1.29, 1.82) is 0 Å². The first-order valence-corrected chi connectivity index (χ1v) is 6.86. The third-order valence-corrected chi connectivity index (χ3v) is 3.07. The molecule has 1 rings (SSSR count). The Balaban J connectivity index is 2.53. The van der Waals surface area contributed by atoms with Crippen molar-refractivity contribution in [2.75, 3.05) is 6.61 Å². The van der Waals surface area contributed by atoms with Gasteiger partial charge >= 0.3 is 0 Å². The number of nitrogens with two attached hydrogens (primary N) is 1. The molecule has 102 valence electrons. The first-order valence-electron chi connectivity index (χ1n) is 6.86. The summed E-state index contributed by atoms with van der Waals surface area (Å²) >= 11 is 0. The van der Waals surface area contributed by atoms with Crippen LogP contribution < -0.4 is 16.0 Å². The molecule has 0 aliphatic heterocycles. The Morgan fingerprint density at radius 1 is 1.17 bits per heavy atom. The van der Waals surface area contributed by atoms with E-state index < -0.39 is 0 Å². The average molecular weight is 250 g/mol. The van der Waals surface area contributed by atoms with Gasteiger partial charge in [-0.05, 0) is 37.0 Å². The highest BCUT2D eigenvalue weighted by Crippen LogP contribution is 2.22. The van der Waals surface area contributed by atoms with Gasteiger partial charge in [0.25, 0.3) is 0 Å². The van der Waals surface area contributed by atoms with Crippen molar-refractivity contribution in [3.8, 4) is 5.75 Å². The van der Waals surface area contributed by atoms with Crippen molar-refractivity contribution < 1.29 is 4.74 Å². The molecule has 0 bridgehead atoms. The van der Waals surface area contributed by atoms with Crippen LogP contribution in [0.25, 0.3) is 0 Å². The molecule has 1 unspecified atom stereocenters. The Morgan fingerprint density at radius 2 is 1.83 bits per heavy atom. The molecule has 0 spiro atoms. The highest BCUT2D eigenvalue weighted by molar-refractivity contribution is 5.29. The van der Waals surface area contributed by atoms with Gasteiger partial charge in [0.1, 0.15) is 5.75 Å². The zero-order valence-electron chi connectivity index (χ0n) is 11.8. The second-order valence-electron chi connectivity index (χ2n) is 5.05. The lowest BCUT2D eigenvalue weighted by molar-refractivity contribution is 0.340. The molecule has 0 saturated heterocycles. The second-order valence-corrected chi connectivity index (χ2v) is 5.05. The number of hydrazine groups is 1. The van der Waals surface area contributed by atoms with Gasteiger partial charge in [-0.3, -0.25) is 11.3 Å². The lowest BCUT2D eigenvalue weighted by Gasteiger charge is -2.17. The lowest BCUT2D eigenvalue weighted by atomic mass is 9.98. The normalized spacial score (nSPS) is 12.7. The molecule has 0 fully saturated rings. The molecule has 0 heterocycles. The molecule has 1 aromatic rings. The van der Waals surface area contributed by atoms with Crippen LogP contribution >= 0.6 is 0 Å². The number of ether oxygens (including phenoxy) is 1. The van der Waals surface area contributed by atoms with E-state index in [9.17, 15) is 0 Å². The number of hydrogen-bond donors (Lipinski definition) is 2. The minimum atomic E-state index is 0.236. The minimum Gasteiger partial charge on any atom is -0.494 e. The number of benzene rings is 1. The standard InChI is InChI=1S/C15H26N2O/c1-4-18-14-10-8-13(9-11-14)15(17-16)7-5-6-12(2)3/h8-12,15,17H,4-7,16H2,1-3H3. The minimum absolute atomic E-state index is 0.236. The molecule has 0 radical (unpaired) electrons. The van der Waals surface area contributed by atoms with Crippen LogP contribution in [-0.2, 0) is 0 Å². The summed E-state index contributed by atoms with van der Waals surface area (Å²) in [5.74, 6) is 7.31. The number of nitrogens with one attached hydrogen (secondary N) is 1. The molecule has 0 aromatic heterocycles. The van der Waals surface area contributed by atoms with Crippen LogP contribution in [0, 0.1) is 5.92 Å². The van der Waals surface area contributed by atoms with Crippen LogP contribution in [0.2, 0.25) is 0 Å². The van der Waals surface area contributed by atoms with Crippen LogP contribution in [0.5, 0.6) is 5.75 Å². The smallest absolute Gasteiger partial charge is 0.119 e. The first kappa shape index (κ1) is 15.0. The van der Waals surface area contributed by atoms with Gasteiger partial charge < -0.3 is 4.74 Å². The average Bonchev–Trinajstić information content (AvgIpc) is 2.36. The fraction of sp³-hybridized carbons (Fsp3) is 0.600. The van der Waals surface area contributed by atoms with E-state index in [1.54, 1.807) is 0 Å². The molecular weight excluding hydrogens is 224 g/mol. The van der Waals surface area contributed by atoms with E-state index in [0.29, 0.717) is 6.61 Å². The van der Waals surface area contributed by atoms with Gasteiger partial charge in [0.15, 0.2) is 0 Å². The van der Waals surface area contributed by atoms with Gasteiger partial charge in [-0.2, -0.15) is 0 Å². The van der Waals surface area contributed by atoms with E-state index in [4.69, 9.17) is 10.6 Å². The predicted octanol–water partition coefficient (Wildman–Crippen LogP) is 3.42. The predicted molar refractivity (Wildman–Crippen MR) is 76.4 cm³/mol. The summed E-state index contributed by atoms with van der Waals surface area (Å²) in [6.07, 6.45) is 3.51. The highest BCUT2D eigenvalue weighted by Gasteiger charge is 2.09. The van der Waals surface area contributed by atoms with Crippen LogP contribution in [-0.4, -0.2) is 6.61 Å². The van der Waals surface area contributed by atoms with E-state index >= 15 is 0 Å². The summed E-state index contributed by atoms with van der Waals surface area (Å²) < 4.78 is 5.44. The van der Waals surface area contributed by atoms with Crippen LogP contribution in [0.1, 0.15) is 51.6 Å². The van der Waals surface area contributed by atoms with E-state index in [1.165, 1.54) is 18.4 Å². The van der Waals surface area contributed by atoms with Gasteiger partial charge in [-0.15, -0.1) is 0 Å². The third-order valence-electron chi connectivity index (χ3n) is 3.07. The summed E-state index contributed by atoms with van der Waals surface area (Å²) in [7, 11) is 0. The molecule has 3 N–H and O–H groups in total. The number of hydrogen-bond acceptors (Lipinski definition) is 3. The van der Waals surface area contributed by atoms with Crippen LogP contribution in [0.15, 0.2) is 24.3 Å². The van der Waals surface area contributed by atoms with Crippen molar-refractivity contribution >= 4 is 0 Å². The topological polar surface area (TPSA) is 47.3 Å². The number of rotatable bonds is 8. The van der Waals surface area contributed by atoms with Gasteiger partial charge in [0, 0.05) is 6.04 Å². The Bertz CT molecular complexity index is 322. The second kappa shape index (κ2) is 8.11. The molecule has 0 amide bonds. The quantitative estimate of drug-likeness (QED) is 0.549. The molecule has 1 atom stereocenters. The van der Waals surface area contributed by atoms with E-state index in [-0.39, 0.29) is 6.04 Å². The fourth-order valence-corrected chi connectivity index (χ4v) is 2.04. The Kier molecular flexibility index (Phi) is 6.76. The summed E-state index contributed by atoms with van der Waals surface area (Å²) in [4.78, 5) is 0. The van der Waals surface area contributed by atoms with Crippen molar-refractivity contribution in [2.24, 2.45) is 11.8 Å². The lowest BCUT2D eigenvalue weighted by Crippen LogP contribution is -2.28. The zero-order valence-corrected chi connectivity index (χ0v) is 11.8. The molecule has 3 nitrogen and oxygen atoms in total. The van der Waals surface area contributed by atoms with Gasteiger partial charge in [-0.25, -0.2) is 0 Å². The molecule has 0 saturated carbocycles. The monoisotopic (exact) mass is 250 g/mol.